The minimum atomic E-state index is -3.69. The number of nitrogens with one attached hydrogen (secondary N) is 1. The Morgan fingerprint density at radius 3 is 2.45 bits per heavy atom. The number of carbonyl (C=O) groups excluding carboxylic acids is 1. The van der Waals surface area contributed by atoms with Crippen molar-refractivity contribution in [2.45, 2.75) is 24.7 Å². The Kier molecular flexibility index (Phi) is 6.52. The molecule has 2 heterocycles. The third kappa shape index (κ3) is 4.72. The van der Waals surface area contributed by atoms with Gasteiger partial charge in [-0.05, 0) is 55.7 Å². The fraction of sp³-hybridized carbons (Fsp3) is 0.409. The van der Waals surface area contributed by atoms with Crippen LogP contribution in [0.25, 0.3) is 0 Å². The average molecular weight is 464 g/mol. The fourth-order valence-corrected chi connectivity index (χ4v) is 5.58. The standard InChI is InChI=1S/C22H26ClN3O4S/c1-16-4-6-18(31(28,29)26-10-12-30-13-11-26)15-19(16)22(27)24-20-14-17(23)5-7-21(20)25-8-2-3-9-25/h4-7,14-15H,2-3,8-13H2,1H3,(H,24,27). The maximum atomic E-state index is 13.2. The van der Waals surface area contributed by atoms with Crippen LogP contribution in [0, 0.1) is 6.92 Å². The first kappa shape index (κ1) is 22.1. The summed E-state index contributed by atoms with van der Waals surface area (Å²) in [6.45, 7) is 4.99. The molecule has 7 nitrogen and oxygen atoms in total. The zero-order chi connectivity index (χ0) is 22.0. The molecule has 0 radical (unpaired) electrons. The van der Waals surface area contributed by atoms with Crippen LogP contribution in [-0.4, -0.2) is 58.0 Å². The van der Waals surface area contributed by atoms with Gasteiger partial charge in [0.15, 0.2) is 0 Å². The Hall–Kier alpha value is -2.13. The third-order valence-electron chi connectivity index (χ3n) is 5.72. The average Bonchev–Trinajstić information content (AvgIpc) is 3.29. The first-order valence-corrected chi connectivity index (χ1v) is 12.2. The van der Waals surface area contributed by atoms with Crippen LogP contribution in [0.5, 0.6) is 0 Å². The van der Waals surface area contributed by atoms with Gasteiger partial charge >= 0.3 is 0 Å². The van der Waals surface area contributed by atoms with E-state index in [1.165, 1.54) is 10.4 Å². The van der Waals surface area contributed by atoms with Crippen molar-refractivity contribution in [1.82, 2.24) is 4.31 Å². The molecule has 0 unspecified atom stereocenters. The molecule has 1 amide bonds. The van der Waals surface area contributed by atoms with Gasteiger partial charge in [0.05, 0.1) is 29.5 Å². The van der Waals surface area contributed by atoms with Gasteiger partial charge in [-0.2, -0.15) is 4.31 Å². The lowest BCUT2D eigenvalue weighted by atomic mass is 10.1. The third-order valence-corrected chi connectivity index (χ3v) is 7.84. The maximum Gasteiger partial charge on any atom is 0.256 e. The first-order valence-electron chi connectivity index (χ1n) is 10.4. The number of hydrogen-bond donors (Lipinski definition) is 1. The highest BCUT2D eigenvalue weighted by molar-refractivity contribution is 7.89. The van der Waals surface area contributed by atoms with Crippen LogP contribution in [0.3, 0.4) is 0 Å². The summed E-state index contributed by atoms with van der Waals surface area (Å²) in [7, 11) is -3.69. The van der Waals surface area contributed by atoms with Crippen molar-refractivity contribution in [2.24, 2.45) is 0 Å². The summed E-state index contributed by atoms with van der Waals surface area (Å²) in [4.78, 5) is 15.5. The van der Waals surface area contributed by atoms with E-state index in [1.807, 2.05) is 12.1 Å². The van der Waals surface area contributed by atoms with Crippen LogP contribution in [0.1, 0.15) is 28.8 Å². The Bertz CT molecular complexity index is 1080. The van der Waals surface area contributed by atoms with Crippen LogP contribution in [0.15, 0.2) is 41.3 Å². The highest BCUT2D eigenvalue weighted by Gasteiger charge is 2.27. The number of sulfonamides is 1. The highest BCUT2D eigenvalue weighted by Crippen LogP contribution is 2.32. The van der Waals surface area contributed by atoms with Crippen molar-refractivity contribution < 1.29 is 17.9 Å². The summed E-state index contributed by atoms with van der Waals surface area (Å²) in [6.07, 6.45) is 2.22. The number of ether oxygens (including phenoxy) is 1. The number of rotatable bonds is 5. The van der Waals surface area contributed by atoms with Crippen LogP contribution >= 0.6 is 11.6 Å². The van der Waals surface area contributed by atoms with Crippen molar-refractivity contribution in [3.8, 4) is 0 Å². The predicted molar refractivity (Wildman–Crippen MR) is 122 cm³/mol. The van der Waals surface area contributed by atoms with Gasteiger partial charge in [0.25, 0.3) is 5.91 Å². The van der Waals surface area contributed by atoms with Crippen molar-refractivity contribution in [3.63, 3.8) is 0 Å². The number of halogens is 1. The maximum absolute atomic E-state index is 13.2. The van der Waals surface area contributed by atoms with Crippen LogP contribution in [-0.2, 0) is 14.8 Å². The smallest absolute Gasteiger partial charge is 0.256 e. The van der Waals surface area contributed by atoms with Gasteiger partial charge in [-0.3, -0.25) is 4.79 Å². The second-order valence-corrected chi connectivity index (χ2v) is 10.2. The molecule has 9 heteroatoms. The summed E-state index contributed by atoms with van der Waals surface area (Å²) < 4.78 is 32.7. The largest absolute Gasteiger partial charge is 0.379 e. The van der Waals surface area contributed by atoms with E-state index >= 15 is 0 Å². The minimum Gasteiger partial charge on any atom is -0.379 e. The van der Waals surface area contributed by atoms with Gasteiger partial charge < -0.3 is 15.0 Å². The Balaban J connectivity index is 1.62. The Labute approximate surface area is 188 Å². The van der Waals surface area contributed by atoms with Gasteiger partial charge in [-0.15, -0.1) is 0 Å². The highest BCUT2D eigenvalue weighted by atomic mass is 35.5. The quantitative estimate of drug-likeness (QED) is 0.733. The molecule has 1 N–H and O–H groups in total. The lowest BCUT2D eigenvalue weighted by Gasteiger charge is -2.26. The van der Waals surface area contributed by atoms with E-state index in [0.29, 0.717) is 48.1 Å². The molecule has 4 rings (SSSR count). The predicted octanol–water partition coefficient (Wildman–Crippen LogP) is 3.52. The second kappa shape index (κ2) is 9.16. The fourth-order valence-electron chi connectivity index (χ4n) is 3.97. The van der Waals surface area contributed by atoms with E-state index in [9.17, 15) is 13.2 Å². The van der Waals surface area contributed by atoms with Crippen molar-refractivity contribution in [3.05, 3.63) is 52.5 Å². The monoisotopic (exact) mass is 463 g/mol. The van der Waals surface area contributed by atoms with Crippen LogP contribution < -0.4 is 10.2 Å². The summed E-state index contributed by atoms with van der Waals surface area (Å²) in [5.41, 5.74) is 2.56. The molecule has 2 fully saturated rings. The molecule has 0 spiro atoms. The van der Waals surface area contributed by atoms with E-state index in [4.69, 9.17) is 16.3 Å². The van der Waals surface area contributed by atoms with E-state index < -0.39 is 10.0 Å². The number of morpholine rings is 1. The van der Waals surface area contributed by atoms with E-state index in [0.717, 1.165) is 31.6 Å². The molecule has 0 bridgehead atoms. The molecule has 2 aromatic carbocycles. The molecular weight excluding hydrogens is 438 g/mol. The number of aryl methyl sites for hydroxylation is 1. The van der Waals surface area contributed by atoms with Crippen molar-refractivity contribution in [2.75, 3.05) is 49.6 Å². The molecule has 166 valence electrons. The van der Waals surface area contributed by atoms with Gasteiger partial charge in [-0.25, -0.2) is 8.42 Å². The van der Waals surface area contributed by atoms with Crippen LogP contribution in [0.2, 0.25) is 5.02 Å². The number of carbonyl (C=O) groups is 1. The van der Waals surface area contributed by atoms with Gasteiger partial charge in [0.2, 0.25) is 10.0 Å². The number of amides is 1. The molecule has 0 aliphatic carbocycles. The zero-order valence-corrected chi connectivity index (χ0v) is 19.0. The van der Waals surface area contributed by atoms with Gasteiger partial charge in [0.1, 0.15) is 0 Å². The zero-order valence-electron chi connectivity index (χ0n) is 17.4. The Morgan fingerprint density at radius 2 is 1.74 bits per heavy atom. The minimum absolute atomic E-state index is 0.107. The summed E-state index contributed by atoms with van der Waals surface area (Å²) in [5, 5.41) is 3.48. The molecule has 2 aliphatic heterocycles. The van der Waals surface area contributed by atoms with E-state index in [1.54, 1.807) is 25.1 Å². The summed E-state index contributed by atoms with van der Waals surface area (Å²) in [6, 6.07) is 10.1. The molecule has 2 aromatic rings. The molecular formula is C22H26ClN3O4S. The van der Waals surface area contributed by atoms with E-state index in [2.05, 4.69) is 10.2 Å². The second-order valence-electron chi connectivity index (χ2n) is 7.80. The number of anilines is 2. The topological polar surface area (TPSA) is 78.9 Å². The van der Waals surface area contributed by atoms with Gasteiger partial charge in [-0.1, -0.05) is 17.7 Å². The normalized spacial score (nSPS) is 17.7. The molecule has 31 heavy (non-hydrogen) atoms. The number of benzene rings is 2. The first-order chi connectivity index (χ1) is 14.9. The molecule has 0 atom stereocenters. The van der Waals surface area contributed by atoms with E-state index in [-0.39, 0.29) is 10.8 Å². The van der Waals surface area contributed by atoms with Crippen molar-refractivity contribution >= 4 is 38.9 Å². The SMILES string of the molecule is Cc1ccc(S(=O)(=O)N2CCOCC2)cc1C(=O)Nc1cc(Cl)ccc1N1CCCC1. The number of hydrogen-bond acceptors (Lipinski definition) is 5. The lowest BCUT2D eigenvalue weighted by molar-refractivity contribution is 0.0730. The molecule has 0 aromatic heterocycles. The summed E-state index contributed by atoms with van der Waals surface area (Å²) >= 11 is 6.19. The lowest BCUT2D eigenvalue weighted by Crippen LogP contribution is -2.40. The summed E-state index contributed by atoms with van der Waals surface area (Å²) in [5.74, 6) is -0.362. The Morgan fingerprint density at radius 1 is 1.03 bits per heavy atom. The van der Waals surface area contributed by atoms with Crippen LogP contribution in [0.4, 0.5) is 11.4 Å². The molecule has 0 saturated carbocycles. The molecule has 2 saturated heterocycles. The molecule has 2 aliphatic rings. The van der Waals surface area contributed by atoms with Gasteiger partial charge in [0, 0.05) is 36.8 Å². The number of nitrogens with zero attached hydrogens (tertiary/aromatic N) is 2. The van der Waals surface area contributed by atoms with Crippen molar-refractivity contribution in [1.29, 1.82) is 0 Å².